The van der Waals surface area contributed by atoms with Crippen molar-refractivity contribution in [3.63, 3.8) is 0 Å². The first-order valence-corrected chi connectivity index (χ1v) is 7.24. The fourth-order valence-corrected chi connectivity index (χ4v) is 3.13. The molecule has 18 heavy (non-hydrogen) atoms. The molecule has 1 aliphatic rings. The number of para-hydroxylation sites is 1. The number of benzene rings is 1. The number of thioether (sulfide) groups is 1. The van der Waals surface area contributed by atoms with Gasteiger partial charge in [-0.3, -0.25) is 4.79 Å². The summed E-state index contributed by atoms with van der Waals surface area (Å²) in [5, 5.41) is 0.538. The number of carbonyl (C=O) groups is 1. The Kier molecular flexibility index (Phi) is 4.66. The van der Waals surface area contributed by atoms with Crippen LogP contribution in [0.5, 0.6) is 0 Å². The third-order valence-corrected chi connectivity index (χ3v) is 4.21. The van der Waals surface area contributed by atoms with Crippen LogP contribution in [0.1, 0.15) is 20.3 Å². The Morgan fingerprint density at radius 2 is 2.28 bits per heavy atom. The summed E-state index contributed by atoms with van der Waals surface area (Å²) >= 11 is 1.84. The van der Waals surface area contributed by atoms with Gasteiger partial charge in [-0.2, -0.15) is 0 Å². The van der Waals surface area contributed by atoms with E-state index in [1.165, 1.54) is 4.90 Å². The number of carbonyl (C=O) groups excluding carboxylic acids is 1. The lowest BCUT2D eigenvalue weighted by atomic mass is 10.2. The topological polar surface area (TPSA) is 29.5 Å². The van der Waals surface area contributed by atoms with E-state index in [0.717, 1.165) is 18.7 Å². The number of nitrogens with zero attached hydrogens (tertiary/aromatic N) is 1. The van der Waals surface area contributed by atoms with Gasteiger partial charge in [0.1, 0.15) is 6.61 Å². The Bertz CT molecular complexity index is 422. The van der Waals surface area contributed by atoms with Crippen LogP contribution >= 0.6 is 11.8 Å². The summed E-state index contributed by atoms with van der Waals surface area (Å²) in [6.07, 6.45) is 1.01. The van der Waals surface area contributed by atoms with Crippen LogP contribution in [0.3, 0.4) is 0 Å². The molecule has 0 N–H and O–H groups in total. The van der Waals surface area contributed by atoms with E-state index in [0.29, 0.717) is 11.9 Å². The second-order valence-electron chi connectivity index (χ2n) is 4.37. The van der Waals surface area contributed by atoms with Crippen molar-refractivity contribution >= 4 is 23.4 Å². The minimum Gasteiger partial charge on any atom is -0.372 e. The van der Waals surface area contributed by atoms with E-state index in [9.17, 15) is 4.79 Å². The molecule has 4 heteroatoms. The summed E-state index contributed by atoms with van der Waals surface area (Å²) in [5.74, 6) is 0.0546. The monoisotopic (exact) mass is 265 g/mol. The Balaban J connectivity index is 2.23. The molecule has 1 aromatic carbocycles. The Morgan fingerprint density at radius 1 is 1.50 bits per heavy atom. The van der Waals surface area contributed by atoms with Gasteiger partial charge in [-0.05, 0) is 25.5 Å². The molecule has 0 saturated heterocycles. The van der Waals surface area contributed by atoms with Crippen LogP contribution in [0.4, 0.5) is 5.69 Å². The quantitative estimate of drug-likeness (QED) is 0.841. The average Bonchev–Trinajstić information content (AvgIpc) is 2.54. The first kappa shape index (κ1) is 13.4. The Morgan fingerprint density at radius 3 is 3.06 bits per heavy atom. The zero-order valence-corrected chi connectivity index (χ0v) is 11.7. The molecule has 1 heterocycles. The van der Waals surface area contributed by atoms with Crippen LogP contribution in [0, 0.1) is 0 Å². The third kappa shape index (κ3) is 3.06. The van der Waals surface area contributed by atoms with E-state index in [-0.39, 0.29) is 12.5 Å². The standard InChI is InChI=1S/C14H19NO2S/c1-3-17-10-14(16)15-9-8-11(2)18-13-7-5-4-6-12(13)15/h4-7,11H,3,8-10H2,1-2H3. The van der Waals surface area contributed by atoms with Crippen molar-refractivity contribution in [3.8, 4) is 0 Å². The van der Waals surface area contributed by atoms with Gasteiger partial charge in [0, 0.05) is 23.3 Å². The van der Waals surface area contributed by atoms with Crippen LogP contribution in [0.2, 0.25) is 0 Å². The fourth-order valence-electron chi connectivity index (χ4n) is 2.01. The molecule has 2 rings (SSSR count). The van der Waals surface area contributed by atoms with Crippen molar-refractivity contribution < 1.29 is 9.53 Å². The van der Waals surface area contributed by atoms with Gasteiger partial charge in [0.05, 0.1) is 5.69 Å². The van der Waals surface area contributed by atoms with Gasteiger partial charge in [0.2, 0.25) is 0 Å². The summed E-state index contributed by atoms with van der Waals surface area (Å²) in [4.78, 5) is 15.2. The molecule has 0 aromatic heterocycles. The molecule has 1 amide bonds. The van der Waals surface area contributed by atoms with E-state index < -0.39 is 0 Å². The van der Waals surface area contributed by atoms with E-state index in [4.69, 9.17) is 4.74 Å². The van der Waals surface area contributed by atoms with Gasteiger partial charge >= 0.3 is 0 Å². The molecule has 1 atom stereocenters. The highest BCUT2D eigenvalue weighted by atomic mass is 32.2. The maximum Gasteiger partial charge on any atom is 0.253 e. The molecule has 0 bridgehead atoms. The number of fused-ring (bicyclic) bond motifs is 1. The van der Waals surface area contributed by atoms with Crippen LogP contribution in [0.25, 0.3) is 0 Å². The molecule has 1 unspecified atom stereocenters. The second-order valence-corrected chi connectivity index (χ2v) is 5.85. The lowest BCUT2D eigenvalue weighted by Crippen LogP contribution is -2.35. The minimum absolute atomic E-state index is 0.0546. The average molecular weight is 265 g/mol. The zero-order valence-electron chi connectivity index (χ0n) is 10.9. The number of hydrogen-bond donors (Lipinski definition) is 0. The fraction of sp³-hybridized carbons (Fsp3) is 0.500. The highest BCUT2D eigenvalue weighted by Crippen LogP contribution is 2.37. The highest BCUT2D eigenvalue weighted by molar-refractivity contribution is 8.00. The summed E-state index contributed by atoms with van der Waals surface area (Å²) in [6, 6.07) is 8.11. The minimum atomic E-state index is 0.0546. The van der Waals surface area contributed by atoms with Gasteiger partial charge < -0.3 is 9.64 Å². The van der Waals surface area contributed by atoms with Gasteiger partial charge in [-0.25, -0.2) is 0 Å². The molecule has 0 aliphatic carbocycles. The number of hydrogen-bond acceptors (Lipinski definition) is 3. The molecule has 0 saturated carbocycles. The molecule has 98 valence electrons. The van der Waals surface area contributed by atoms with Crippen molar-refractivity contribution in [2.75, 3.05) is 24.7 Å². The van der Waals surface area contributed by atoms with Crippen LogP contribution in [-0.4, -0.2) is 30.9 Å². The van der Waals surface area contributed by atoms with E-state index >= 15 is 0 Å². The smallest absolute Gasteiger partial charge is 0.253 e. The molecule has 0 radical (unpaired) electrons. The Hall–Kier alpha value is -1.00. The van der Waals surface area contributed by atoms with E-state index in [1.54, 1.807) is 0 Å². The van der Waals surface area contributed by atoms with Crippen molar-refractivity contribution in [2.45, 2.75) is 30.4 Å². The predicted octanol–water partition coefficient (Wildman–Crippen LogP) is 2.94. The summed E-state index contributed by atoms with van der Waals surface area (Å²) in [5.41, 5.74) is 1.02. The van der Waals surface area contributed by atoms with Gasteiger partial charge in [-0.15, -0.1) is 11.8 Å². The lowest BCUT2D eigenvalue weighted by Gasteiger charge is -2.22. The number of amides is 1. The maximum absolute atomic E-state index is 12.2. The predicted molar refractivity (Wildman–Crippen MR) is 75.2 cm³/mol. The third-order valence-electron chi connectivity index (χ3n) is 2.97. The Labute approximate surface area is 113 Å². The second kappa shape index (κ2) is 6.25. The zero-order chi connectivity index (χ0) is 13.0. The van der Waals surface area contributed by atoms with Gasteiger partial charge in [0.15, 0.2) is 0 Å². The molecule has 3 nitrogen and oxygen atoms in total. The van der Waals surface area contributed by atoms with Crippen molar-refractivity contribution in [2.24, 2.45) is 0 Å². The number of ether oxygens (including phenoxy) is 1. The van der Waals surface area contributed by atoms with E-state index in [1.807, 2.05) is 41.8 Å². The maximum atomic E-state index is 12.2. The van der Waals surface area contributed by atoms with Crippen molar-refractivity contribution in [1.29, 1.82) is 0 Å². The summed E-state index contributed by atoms with van der Waals surface area (Å²) in [7, 11) is 0. The number of rotatable bonds is 3. The molecular formula is C14H19NO2S. The van der Waals surface area contributed by atoms with Crippen LogP contribution in [0.15, 0.2) is 29.2 Å². The first-order chi connectivity index (χ1) is 8.72. The lowest BCUT2D eigenvalue weighted by molar-refractivity contribution is -0.123. The van der Waals surface area contributed by atoms with Crippen molar-refractivity contribution in [1.82, 2.24) is 0 Å². The summed E-state index contributed by atoms with van der Waals surface area (Å²) in [6.45, 7) is 5.63. The molecular weight excluding hydrogens is 246 g/mol. The largest absolute Gasteiger partial charge is 0.372 e. The van der Waals surface area contributed by atoms with Gasteiger partial charge in [0.25, 0.3) is 5.91 Å². The normalized spacial score (nSPS) is 19.2. The summed E-state index contributed by atoms with van der Waals surface area (Å²) < 4.78 is 5.23. The SMILES string of the molecule is CCOCC(=O)N1CCC(C)Sc2ccccc21. The molecule has 0 spiro atoms. The van der Waals surface area contributed by atoms with Crippen molar-refractivity contribution in [3.05, 3.63) is 24.3 Å². The van der Waals surface area contributed by atoms with Crippen LogP contribution in [-0.2, 0) is 9.53 Å². The number of anilines is 1. The molecule has 1 aliphatic heterocycles. The molecule has 0 fully saturated rings. The highest BCUT2D eigenvalue weighted by Gasteiger charge is 2.23. The van der Waals surface area contributed by atoms with E-state index in [2.05, 4.69) is 13.0 Å². The van der Waals surface area contributed by atoms with Crippen LogP contribution < -0.4 is 4.90 Å². The molecule has 1 aromatic rings. The van der Waals surface area contributed by atoms with Gasteiger partial charge in [-0.1, -0.05) is 19.1 Å². The first-order valence-electron chi connectivity index (χ1n) is 6.36.